The molecule has 1 aromatic carbocycles. The fraction of sp³-hybridized carbons (Fsp3) is 0.545. The highest BCUT2D eigenvalue weighted by Gasteiger charge is 2.33. The van der Waals surface area contributed by atoms with E-state index in [1.54, 1.807) is 0 Å². The summed E-state index contributed by atoms with van der Waals surface area (Å²) in [4.78, 5) is 15.0. The van der Waals surface area contributed by atoms with E-state index in [1.807, 2.05) is 39.0 Å². The maximum absolute atomic E-state index is 13.2. The monoisotopic (exact) mass is 370 g/mol. The van der Waals surface area contributed by atoms with E-state index in [9.17, 15) is 10.0 Å². The van der Waals surface area contributed by atoms with Crippen molar-refractivity contribution in [1.82, 2.24) is 0 Å². The Labute approximate surface area is 161 Å². The second-order valence-electron chi connectivity index (χ2n) is 9.39. The molecule has 1 saturated heterocycles. The van der Waals surface area contributed by atoms with Crippen LogP contribution in [0.15, 0.2) is 24.3 Å². The lowest BCUT2D eigenvalue weighted by Gasteiger charge is -2.24. The number of fused-ring (bicyclic) bond motifs is 1. The molecule has 1 fully saturated rings. The van der Waals surface area contributed by atoms with Crippen molar-refractivity contribution in [3.05, 3.63) is 40.7 Å². The maximum Gasteiger partial charge on any atom is 0.407 e. The first-order chi connectivity index (χ1) is 12.5. The number of ether oxygens (including phenoxy) is 1. The van der Waals surface area contributed by atoms with Gasteiger partial charge < -0.3 is 14.8 Å². The lowest BCUT2D eigenvalue weighted by Crippen LogP contribution is -2.41. The second-order valence-corrected chi connectivity index (χ2v) is 9.39. The van der Waals surface area contributed by atoms with Gasteiger partial charge in [-0.1, -0.05) is 26.8 Å². The topological polar surface area (TPSA) is 56.5 Å². The molecule has 2 aromatic rings. The zero-order valence-corrected chi connectivity index (χ0v) is 17.3. The van der Waals surface area contributed by atoms with Crippen LogP contribution in [0.3, 0.4) is 0 Å². The van der Waals surface area contributed by atoms with Gasteiger partial charge in [0.15, 0.2) is 0 Å². The number of nitrogens with zero attached hydrogens (tertiary/aromatic N) is 2. The molecule has 0 aliphatic carbocycles. The molecule has 0 amide bonds. The van der Waals surface area contributed by atoms with E-state index in [0.717, 1.165) is 41.6 Å². The molecule has 0 spiro atoms. The van der Waals surface area contributed by atoms with Crippen LogP contribution in [0.4, 0.5) is 5.69 Å². The molecule has 146 valence electrons. The Kier molecular flexibility index (Phi) is 4.83. The lowest BCUT2D eigenvalue weighted by molar-refractivity contribution is -0.579. The van der Waals surface area contributed by atoms with Gasteiger partial charge in [-0.3, -0.25) is 0 Å². The summed E-state index contributed by atoms with van der Waals surface area (Å²) >= 11 is 0. The highest BCUT2D eigenvalue weighted by atomic mass is 16.6. The predicted octanol–water partition coefficient (Wildman–Crippen LogP) is 4.33. The normalized spacial score (nSPS) is 15.4. The Hall–Kier alpha value is -2.30. The van der Waals surface area contributed by atoms with Gasteiger partial charge in [0.1, 0.15) is 11.3 Å². The van der Waals surface area contributed by atoms with E-state index in [1.165, 1.54) is 0 Å². The van der Waals surface area contributed by atoms with Crippen LogP contribution in [0.25, 0.3) is 10.9 Å². The molecule has 3 rings (SSSR count). The van der Waals surface area contributed by atoms with E-state index >= 15 is 0 Å². The van der Waals surface area contributed by atoms with Gasteiger partial charge in [-0.2, -0.15) is 4.73 Å². The summed E-state index contributed by atoms with van der Waals surface area (Å²) in [7, 11) is 0. The van der Waals surface area contributed by atoms with E-state index in [2.05, 4.69) is 31.7 Å². The standard InChI is InChI=1S/C22H30N2O3/c1-21(2,3)16-9-10-17-15(13-16)14-18(23-11-7-8-12-23)19(24(17)26)20(25)27-22(4,5)6/h9-10,13-14H,7-8,11-12H2,1-6H3. The molecule has 5 heteroatoms. The van der Waals surface area contributed by atoms with Crippen LogP contribution >= 0.6 is 0 Å². The molecule has 27 heavy (non-hydrogen) atoms. The third-order valence-corrected chi connectivity index (χ3v) is 4.89. The van der Waals surface area contributed by atoms with Crippen molar-refractivity contribution in [2.45, 2.75) is 65.4 Å². The SMILES string of the molecule is CC(C)(C)OC(=O)c1c(N2CCCC2)cc2cc(C(C)(C)C)ccc2[n+]1[O-]. The van der Waals surface area contributed by atoms with Gasteiger partial charge in [-0.15, -0.1) is 0 Å². The first-order valence-electron chi connectivity index (χ1n) is 9.66. The number of hydrogen-bond acceptors (Lipinski definition) is 4. The van der Waals surface area contributed by atoms with Crippen LogP contribution in [0.2, 0.25) is 0 Å². The van der Waals surface area contributed by atoms with Gasteiger partial charge in [0.25, 0.3) is 0 Å². The van der Waals surface area contributed by atoms with Gasteiger partial charge in [0.2, 0.25) is 5.52 Å². The molecule has 0 saturated carbocycles. The number of pyridine rings is 1. The minimum Gasteiger partial charge on any atom is -0.618 e. The number of carbonyl (C=O) groups excluding carboxylic acids is 1. The average molecular weight is 370 g/mol. The first-order valence-corrected chi connectivity index (χ1v) is 9.66. The first kappa shape index (κ1) is 19.5. The Bertz CT molecular complexity index is 870. The maximum atomic E-state index is 13.2. The summed E-state index contributed by atoms with van der Waals surface area (Å²) < 4.78 is 6.30. The minimum absolute atomic E-state index is 0.0143. The predicted molar refractivity (Wildman–Crippen MR) is 108 cm³/mol. The number of rotatable bonds is 2. The summed E-state index contributed by atoms with van der Waals surface area (Å²) in [6.45, 7) is 13.6. The van der Waals surface area contributed by atoms with Crippen molar-refractivity contribution in [3.63, 3.8) is 0 Å². The van der Waals surface area contributed by atoms with E-state index in [4.69, 9.17) is 4.74 Å². The molecule has 1 aliphatic heterocycles. The van der Waals surface area contributed by atoms with Crippen LogP contribution in [-0.2, 0) is 10.2 Å². The third-order valence-electron chi connectivity index (χ3n) is 4.89. The highest BCUT2D eigenvalue weighted by molar-refractivity contribution is 5.96. The van der Waals surface area contributed by atoms with E-state index < -0.39 is 11.6 Å². The molecular weight excluding hydrogens is 340 g/mol. The molecule has 0 radical (unpaired) electrons. The number of aromatic nitrogens is 1. The van der Waals surface area contributed by atoms with Crippen molar-refractivity contribution in [1.29, 1.82) is 0 Å². The zero-order chi connectivity index (χ0) is 20.0. The van der Waals surface area contributed by atoms with Gasteiger partial charge in [-0.05, 0) is 56.7 Å². The highest BCUT2D eigenvalue weighted by Crippen LogP contribution is 2.31. The molecule has 1 aliphatic rings. The van der Waals surface area contributed by atoms with Crippen molar-refractivity contribution < 1.29 is 14.3 Å². The van der Waals surface area contributed by atoms with Crippen LogP contribution in [0.5, 0.6) is 0 Å². The Morgan fingerprint density at radius 2 is 1.70 bits per heavy atom. The van der Waals surface area contributed by atoms with Crippen molar-refractivity contribution >= 4 is 22.6 Å². The molecule has 0 unspecified atom stereocenters. The molecule has 0 bridgehead atoms. The van der Waals surface area contributed by atoms with Gasteiger partial charge >= 0.3 is 11.7 Å². The van der Waals surface area contributed by atoms with Crippen LogP contribution in [-0.4, -0.2) is 24.7 Å². The van der Waals surface area contributed by atoms with Crippen LogP contribution in [0, 0.1) is 5.21 Å². The number of anilines is 1. The summed E-state index contributed by atoms with van der Waals surface area (Å²) in [6.07, 6.45) is 2.12. The molecule has 0 N–H and O–H groups in total. The molecule has 1 aromatic heterocycles. The van der Waals surface area contributed by atoms with Gasteiger partial charge in [0, 0.05) is 19.2 Å². The average Bonchev–Trinajstić information content (AvgIpc) is 3.05. The number of esters is 1. The minimum atomic E-state index is -0.655. The summed E-state index contributed by atoms with van der Waals surface area (Å²) in [6, 6.07) is 7.81. The van der Waals surface area contributed by atoms with Crippen molar-refractivity contribution in [2.75, 3.05) is 18.0 Å². The third kappa shape index (κ3) is 4.02. The number of benzene rings is 1. The fourth-order valence-electron chi connectivity index (χ4n) is 3.47. The van der Waals surface area contributed by atoms with Crippen molar-refractivity contribution in [2.24, 2.45) is 0 Å². The lowest BCUT2D eigenvalue weighted by atomic mass is 9.86. The second kappa shape index (κ2) is 6.70. The number of carbonyl (C=O) groups is 1. The quantitative estimate of drug-likeness (QED) is 0.449. The van der Waals surface area contributed by atoms with Crippen LogP contribution < -0.4 is 9.63 Å². The van der Waals surface area contributed by atoms with Gasteiger partial charge in [0.05, 0.1) is 5.39 Å². The largest absolute Gasteiger partial charge is 0.618 e. The van der Waals surface area contributed by atoms with E-state index in [-0.39, 0.29) is 11.1 Å². The van der Waals surface area contributed by atoms with Gasteiger partial charge in [-0.25, -0.2) is 4.79 Å². The van der Waals surface area contributed by atoms with Crippen LogP contribution in [0.1, 0.15) is 70.4 Å². The van der Waals surface area contributed by atoms with Crippen molar-refractivity contribution in [3.8, 4) is 0 Å². The Morgan fingerprint density at radius 3 is 2.26 bits per heavy atom. The molecular formula is C22H30N2O3. The Morgan fingerprint density at radius 1 is 1.07 bits per heavy atom. The summed E-state index contributed by atoms with van der Waals surface area (Å²) in [5.41, 5.74) is 1.74. The smallest absolute Gasteiger partial charge is 0.407 e. The fourth-order valence-corrected chi connectivity index (χ4v) is 3.47. The molecule has 5 nitrogen and oxygen atoms in total. The summed E-state index contributed by atoms with van der Waals surface area (Å²) in [5, 5.41) is 14.0. The summed E-state index contributed by atoms with van der Waals surface area (Å²) in [5.74, 6) is -0.568. The molecule has 0 atom stereocenters. The Balaban J connectivity index is 2.21. The zero-order valence-electron chi connectivity index (χ0n) is 17.3. The number of hydrogen-bond donors (Lipinski definition) is 0. The molecule has 2 heterocycles. The van der Waals surface area contributed by atoms with E-state index in [0.29, 0.717) is 11.2 Å².